The van der Waals surface area contributed by atoms with Crippen molar-refractivity contribution in [3.63, 3.8) is 0 Å². The molecule has 0 atom stereocenters. The molecule has 1 aliphatic rings. The van der Waals surface area contributed by atoms with Crippen molar-refractivity contribution in [2.75, 3.05) is 31.1 Å². The van der Waals surface area contributed by atoms with Crippen LogP contribution in [0.1, 0.15) is 21.5 Å². The van der Waals surface area contributed by atoms with Crippen molar-refractivity contribution in [2.24, 2.45) is 0 Å². The second kappa shape index (κ2) is 8.02. The summed E-state index contributed by atoms with van der Waals surface area (Å²) in [7, 11) is 0. The maximum Gasteiger partial charge on any atom is 0.257 e. The van der Waals surface area contributed by atoms with Crippen LogP contribution < -0.4 is 4.90 Å². The fourth-order valence-corrected chi connectivity index (χ4v) is 4.42. The van der Waals surface area contributed by atoms with E-state index in [-0.39, 0.29) is 16.5 Å². The molecule has 2 heterocycles. The number of carbonyl (C=O) groups is 1. The molecular weight excluding hydrogens is 429 g/mol. The molecular formula is C22H20Cl3N3O. The minimum Gasteiger partial charge on any atom is -0.353 e. The average molecular weight is 449 g/mol. The van der Waals surface area contributed by atoms with Gasteiger partial charge in [-0.25, -0.2) is 4.98 Å². The van der Waals surface area contributed by atoms with E-state index in [1.807, 2.05) is 0 Å². The largest absolute Gasteiger partial charge is 0.353 e. The van der Waals surface area contributed by atoms with Crippen LogP contribution in [0.5, 0.6) is 0 Å². The lowest BCUT2D eigenvalue weighted by Crippen LogP contribution is -2.49. The van der Waals surface area contributed by atoms with Crippen LogP contribution in [0.15, 0.2) is 36.4 Å². The molecule has 3 aromatic rings. The summed E-state index contributed by atoms with van der Waals surface area (Å²) in [5, 5.41) is 2.01. The van der Waals surface area contributed by atoms with E-state index in [0.29, 0.717) is 36.2 Å². The second-order valence-corrected chi connectivity index (χ2v) is 8.46. The number of carbonyl (C=O) groups excluding carboxylic acids is 1. The van der Waals surface area contributed by atoms with Crippen molar-refractivity contribution in [3.8, 4) is 0 Å². The van der Waals surface area contributed by atoms with Crippen LogP contribution in [0.3, 0.4) is 0 Å². The van der Waals surface area contributed by atoms with E-state index in [9.17, 15) is 4.79 Å². The third-order valence-corrected chi connectivity index (χ3v) is 6.50. The molecule has 7 heteroatoms. The minimum atomic E-state index is -0.194. The Kier molecular flexibility index (Phi) is 5.60. The monoisotopic (exact) mass is 447 g/mol. The molecule has 0 spiro atoms. The van der Waals surface area contributed by atoms with Gasteiger partial charge in [-0.3, -0.25) is 4.79 Å². The summed E-state index contributed by atoms with van der Waals surface area (Å²) in [5.74, 6) is 0.746. The van der Waals surface area contributed by atoms with Gasteiger partial charge in [0.25, 0.3) is 5.91 Å². The fraction of sp³-hybridized carbons (Fsp3) is 0.273. The van der Waals surface area contributed by atoms with Gasteiger partial charge in [-0.05, 0) is 43.2 Å². The van der Waals surface area contributed by atoms with Crippen molar-refractivity contribution in [1.29, 1.82) is 0 Å². The van der Waals surface area contributed by atoms with E-state index in [4.69, 9.17) is 39.8 Å². The van der Waals surface area contributed by atoms with Crippen LogP contribution in [0.2, 0.25) is 15.1 Å². The van der Waals surface area contributed by atoms with Crippen molar-refractivity contribution in [3.05, 3.63) is 68.2 Å². The molecule has 29 heavy (non-hydrogen) atoms. The van der Waals surface area contributed by atoms with Crippen LogP contribution in [0.25, 0.3) is 10.9 Å². The topological polar surface area (TPSA) is 36.4 Å². The molecule has 4 rings (SSSR count). The number of para-hydroxylation sites is 1. The SMILES string of the molecule is Cc1cc(N2CCN(C(=O)c3c(Cl)ccc(Cl)c3Cl)CC2)nc2c(C)cccc12. The highest BCUT2D eigenvalue weighted by Crippen LogP contribution is 2.33. The molecule has 1 amide bonds. The predicted molar refractivity (Wildman–Crippen MR) is 121 cm³/mol. The zero-order chi connectivity index (χ0) is 20.7. The van der Waals surface area contributed by atoms with Crippen molar-refractivity contribution in [2.45, 2.75) is 13.8 Å². The molecule has 1 aliphatic heterocycles. The summed E-state index contributed by atoms with van der Waals surface area (Å²) < 4.78 is 0. The van der Waals surface area contributed by atoms with E-state index in [0.717, 1.165) is 16.9 Å². The normalized spacial score (nSPS) is 14.5. The molecule has 0 radical (unpaired) electrons. The predicted octanol–water partition coefficient (Wildman–Crippen LogP) is 5.77. The number of aryl methyl sites for hydroxylation is 2. The lowest BCUT2D eigenvalue weighted by atomic mass is 10.1. The Labute approximate surface area is 185 Å². The molecule has 0 unspecified atom stereocenters. The molecule has 1 saturated heterocycles. The standard InChI is InChI=1S/C22H20Cl3N3O/c1-13-4-3-5-15-14(2)12-18(26-21(13)15)27-8-10-28(11-9-27)22(29)19-16(23)6-7-17(24)20(19)25/h3-7,12H,8-11H2,1-2H3. The number of halogens is 3. The third kappa shape index (κ3) is 3.77. The Bertz CT molecular complexity index is 1110. The molecule has 1 aromatic heterocycles. The molecule has 0 saturated carbocycles. The van der Waals surface area contributed by atoms with Crippen molar-refractivity contribution < 1.29 is 4.79 Å². The third-order valence-electron chi connectivity index (χ3n) is 5.38. The number of nitrogens with zero attached hydrogens (tertiary/aromatic N) is 3. The van der Waals surface area contributed by atoms with Crippen LogP contribution in [-0.4, -0.2) is 42.0 Å². The van der Waals surface area contributed by atoms with Gasteiger partial charge in [-0.1, -0.05) is 53.0 Å². The zero-order valence-corrected chi connectivity index (χ0v) is 18.4. The summed E-state index contributed by atoms with van der Waals surface area (Å²) in [6.07, 6.45) is 0. The van der Waals surface area contributed by atoms with E-state index in [1.54, 1.807) is 17.0 Å². The Hall–Kier alpha value is -2.01. The highest BCUT2D eigenvalue weighted by Gasteiger charge is 2.27. The number of aromatic nitrogens is 1. The number of hydrogen-bond donors (Lipinski definition) is 0. The maximum absolute atomic E-state index is 13.0. The maximum atomic E-state index is 13.0. The number of amides is 1. The van der Waals surface area contributed by atoms with Crippen LogP contribution in [-0.2, 0) is 0 Å². The van der Waals surface area contributed by atoms with Crippen LogP contribution in [0.4, 0.5) is 5.82 Å². The zero-order valence-electron chi connectivity index (χ0n) is 16.2. The van der Waals surface area contributed by atoms with Crippen LogP contribution >= 0.6 is 34.8 Å². The molecule has 0 aliphatic carbocycles. The van der Waals surface area contributed by atoms with E-state index >= 15 is 0 Å². The number of hydrogen-bond acceptors (Lipinski definition) is 3. The number of fused-ring (bicyclic) bond motifs is 1. The van der Waals surface area contributed by atoms with Gasteiger partial charge in [0.05, 0.1) is 26.1 Å². The van der Waals surface area contributed by atoms with Gasteiger partial charge in [0.2, 0.25) is 0 Å². The van der Waals surface area contributed by atoms with E-state index < -0.39 is 0 Å². The average Bonchev–Trinajstić information content (AvgIpc) is 2.72. The number of benzene rings is 2. The van der Waals surface area contributed by atoms with Crippen LogP contribution in [0, 0.1) is 13.8 Å². The summed E-state index contributed by atoms with van der Waals surface area (Å²) in [6, 6.07) is 11.5. The Balaban J connectivity index is 1.55. The van der Waals surface area contributed by atoms with Gasteiger partial charge in [-0.2, -0.15) is 0 Å². The van der Waals surface area contributed by atoms with E-state index in [1.165, 1.54) is 10.9 Å². The smallest absolute Gasteiger partial charge is 0.257 e. The first-order valence-corrected chi connectivity index (χ1v) is 10.5. The number of piperazine rings is 1. The first-order valence-electron chi connectivity index (χ1n) is 9.41. The Morgan fingerprint density at radius 2 is 1.62 bits per heavy atom. The molecule has 4 nitrogen and oxygen atoms in total. The van der Waals surface area contributed by atoms with Gasteiger partial charge in [0.1, 0.15) is 5.82 Å². The highest BCUT2D eigenvalue weighted by molar-refractivity contribution is 6.46. The van der Waals surface area contributed by atoms with Gasteiger partial charge in [0, 0.05) is 31.6 Å². The lowest BCUT2D eigenvalue weighted by molar-refractivity contribution is 0.0747. The first kappa shape index (κ1) is 20.3. The molecule has 1 fully saturated rings. The number of anilines is 1. The summed E-state index contributed by atoms with van der Waals surface area (Å²) in [4.78, 5) is 21.8. The highest BCUT2D eigenvalue weighted by atomic mass is 35.5. The number of rotatable bonds is 2. The Morgan fingerprint density at radius 1 is 0.931 bits per heavy atom. The molecule has 150 valence electrons. The summed E-state index contributed by atoms with van der Waals surface area (Å²) in [5.41, 5.74) is 3.65. The minimum absolute atomic E-state index is 0.194. The second-order valence-electron chi connectivity index (χ2n) is 7.27. The van der Waals surface area contributed by atoms with Gasteiger partial charge >= 0.3 is 0 Å². The summed E-state index contributed by atoms with van der Waals surface area (Å²) in [6.45, 7) is 6.68. The molecule has 2 aromatic carbocycles. The fourth-order valence-electron chi connectivity index (χ4n) is 3.73. The Morgan fingerprint density at radius 3 is 2.34 bits per heavy atom. The van der Waals surface area contributed by atoms with Gasteiger partial charge in [-0.15, -0.1) is 0 Å². The van der Waals surface area contributed by atoms with Crippen molar-refractivity contribution >= 4 is 57.4 Å². The first-order chi connectivity index (χ1) is 13.9. The van der Waals surface area contributed by atoms with Gasteiger partial charge in [0.15, 0.2) is 0 Å². The lowest BCUT2D eigenvalue weighted by Gasteiger charge is -2.36. The number of pyridine rings is 1. The quantitative estimate of drug-likeness (QED) is 0.467. The van der Waals surface area contributed by atoms with Crippen molar-refractivity contribution in [1.82, 2.24) is 9.88 Å². The van der Waals surface area contributed by atoms with E-state index in [2.05, 4.69) is 43.0 Å². The molecule has 0 N–H and O–H groups in total. The molecule has 0 bridgehead atoms. The van der Waals surface area contributed by atoms with Gasteiger partial charge < -0.3 is 9.80 Å². The summed E-state index contributed by atoms with van der Waals surface area (Å²) >= 11 is 18.5.